The molecule has 0 fully saturated rings. The van der Waals surface area contributed by atoms with Crippen molar-refractivity contribution in [2.75, 3.05) is 7.05 Å². The molecule has 3 aromatic carbocycles. The summed E-state index contributed by atoms with van der Waals surface area (Å²) in [4.78, 5) is 14.8. The van der Waals surface area contributed by atoms with E-state index in [1.165, 1.54) is 0 Å². The zero-order valence-corrected chi connectivity index (χ0v) is 17.7. The van der Waals surface area contributed by atoms with E-state index in [1.807, 2.05) is 75.5 Å². The number of rotatable bonds is 4. The number of aromatic nitrogens is 1. The fourth-order valence-corrected chi connectivity index (χ4v) is 4.24. The van der Waals surface area contributed by atoms with Crippen molar-refractivity contribution in [3.63, 3.8) is 0 Å². The molecule has 31 heavy (non-hydrogen) atoms. The van der Waals surface area contributed by atoms with Gasteiger partial charge in [-0.2, -0.15) is 0 Å². The van der Waals surface area contributed by atoms with Gasteiger partial charge in [0.1, 0.15) is 17.3 Å². The minimum absolute atomic E-state index is 0.0184. The third-order valence-electron chi connectivity index (χ3n) is 5.66. The maximum Gasteiger partial charge on any atom is 0.254 e. The van der Waals surface area contributed by atoms with Crippen molar-refractivity contribution in [1.29, 1.82) is 0 Å². The molecule has 4 aromatic rings. The molecule has 154 valence electrons. The Bertz CT molecular complexity index is 1270. The zero-order chi connectivity index (χ0) is 21.5. The van der Waals surface area contributed by atoms with Gasteiger partial charge in [-0.25, -0.2) is 0 Å². The van der Waals surface area contributed by atoms with Crippen LogP contribution in [0.5, 0.6) is 11.5 Å². The number of carbonyl (C=O) groups excluding carboxylic acids is 1. The van der Waals surface area contributed by atoms with E-state index in [1.54, 1.807) is 4.90 Å². The lowest BCUT2D eigenvalue weighted by atomic mass is 9.91. The number of para-hydroxylation sites is 2. The van der Waals surface area contributed by atoms with Crippen molar-refractivity contribution in [1.82, 2.24) is 10.1 Å². The summed E-state index contributed by atoms with van der Waals surface area (Å²) in [5.74, 6) is 2.23. The summed E-state index contributed by atoms with van der Waals surface area (Å²) >= 11 is 0. The molecule has 5 nitrogen and oxygen atoms in total. The predicted octanol–water partition coefficient (Wildman–Crippen LogP) is 6.00. The number of aryl methyl sites for hydroxylation is 2. The highest BCUT2D eigenvalue weighted by Crippen LogP contribution is 2.42. The van der Waals surface area contributed by atoms with Crippen molar-refractivity contribution in [3.05, 3.63) is 89.3 Å². The van der Waals surface area contributed by atoms with Gasteiger partial charge in [0.25, 0.3) is 5.91 Å². The van der Waals surface area contributed by atoms with Gasteiger partial charge in [0.2, 0.25) is 0 Å². The molecule has 1 aliphatic heterocycles. The molecule has 0 bridgehead atoms. The lowest BCUT2D eigenvalue weighted by Gasteiger charge is -2.15. The van der Waals surface area contributed by atoms with Gasteiger partial charge in [-0.1, -0.05) is 41.6 Å². The van der Waals surface area contributed by atoms with Gasteiger partial charge in [-0.05, 0) is 60.9 Å². The van der Waals surface area contributed by atoms with Crippen molar-refractivity contribution in [2.45, 2.75) is 20.4 Å². The molecule has 0 atom stereocenters. The summed E-state index contributed by atoms with van der Waals surface area (Å²) in [7, 11) is 1.83. The van der Waals surface area contributed by atoms with Crippen LogP contribution < -0.4 is 4.74 Å². The molecule has 0 N–H and O–H groups in total. The van der Waals surface area contributed by atoms with Crippen LogP contribution in [0.15, 0.2) is 71.3 Å². The highest BCUT2D eigenvalue weighted by atomic mass is 16.5. The third-order valence-corrected chi connectivity index (χ3v) is 5.66. The number of benzene rings is 3. The Morgan fingerprint density at radius 3 is 2.42 bits per heavy atom. The van der Waals surface area contributed by atoms with E-state index in [2.05, 4.69) is 17.3 Å². The Labute approximate surface area is 180 Å². The van der Waals surface area contributed by atoms with Gasteiger partial charge in [0.05, 0.1) is 11.3 Å². The highest BCUT2D eigenvalue weighted by Gasteiger charge is 2.30. The monoisotopic (exact) mass is 410 g/mol. The quantitative estimate of drug-likeness (QED) is 0.414. The van der Waals surface area contributed by atoms with Crippen LogP contribution in [-0.4, -0.2) is 23.0 Å². The van der Waals surface area contributed by atoms with Crippen LogP contribution in [0.3, 0.4) is 0 Å². The van der Waals surface area contributed by atoms with Crippen LogP contribution >= 0.6 is 0 Å². The van der Waals surface area contributed by atoms with Crippen LogP contribution in [0.1, 0.15) is 27.4 Å². The Kier molecular flexibility index (Phi) is 4.59. The summed E-state index contributed by atoms with van der Waals surface area (Å²) in [6.45, 7) is 4.41. The molecule has 0 aliphatic carbocycles. The van der Waals surface area contributed by atoms with Crippen LogP contribution in [0.2, 0.25) is 0 Å². The van der Waals surface area contributed by atoms with E-state index >= 15 is 0 Å². The first-order valence-corrected chi connectivity index (χ1v) is 10.2. The van der Waals surface area contributed by atoms with Crippen molar-refractivity contribution in [2.24, 2.45) is 0 Å². The van der Waals surface area contributed by atoms with E-state index in [4.69, 9.17) is 9.26 Å². The average molecular weight is 410 g/mol. The standard InChI is InChI=1S/C26H22N2O3/c1-16-24(17(2)31-27-16)18-13-19-15-28(3)26(29)25(19)22(14-18)21-11-7-8-12-23(21)30-20-9-5-4-6-10-20/h4-14H,15H2,1-3H3. The molecule has 0 unspecified atom stereocenters. The third kappa shape index (κ3) is 3.28. The molecule has 5 rings (SSSR count). The van der Waals surface area contributed by atoms with Gasteiger partial charge in [0.15, 0.2) is 0 Å². The normalized spacial score (nSPS) is 12.9. The summed E-state index contributed by atoms with van der Waals surface area (Å²) < 4.78 is 11.6. The molecule has 0 saturated carbocycles. The second-order valence-electron chi connectivity index (χ2n) is 7.83. The van der Waals surface area contributed by atoms with E-state index in [0.29, 0.717) is 12.3 Å². The van der Waals surface area contributed by atoms with Crippen molar-refractivity contribution in [3.8, 4) is 33.8 Å². The predicted molar refractivity (Wildman–Crippen MR) is 119 cm³/mol. The minimum atomic E-state index is 0.0184. The first-order chi connectivity index (χ1) is 15.0. The molecule has 1 aromatic heterocycles. The van der Waals surface area contributed by atoms with Gasteiger partial charge in [-0.15, -0.1) is 0 Å². The largest absolute Gasteiger partial charge is 0.457 e. The molecule has 5 heteroatoms. The number of carbonyl (C=O) groups is 1. The number of nitrogens with zero attached hydrogens (tertiary/aromatic N) is 2. The second kappa shape index (κ2) is 7.43. The fourth-order valence-electron chi connectivity index (χ4n) is 4.24. The Morgan fingerprint density at radius 2 is 1.68 bits per heavy atom. The topological polar surface area (TPSA) is 55.6 Å². The number of ether oxygens (including phenoxy) is 1. The van der Waals surface area contributed by atoms with Gasteiger partial charge in [0, 0.05) is 24.7 Å². The number of hydrogen-bond acceptors (Lipinski definition) is 4. The maximum atomic E-state index is 13.0. The second-order valence-corrected chi connectivity index (χ2v) is 7.83. The number of fused-ring (bicyclic) bond motifs is 1. The van der Waals surface area contributed by atoms with Gasteiger partial charge >= 0.3 is 0 Å². The zero-order valence-electron chi connectivity index (χ0n) is 17.7. The summed E-state index contributed by atoms with van der Waals surface area (Å²) in [6, 6.07) is 21.6. The Hall–Kier alpha value is -3.86. The Morgan fingerprint density at radius 1 is 0.935 bits per heavy atom. The van der Waals surface area contributed by atoms with Crippen molar-refractivity contribution >= 4 is 5.91 Å². The summed E-state index contributed by atoms with van der Waals surface area (Å²) in [5.41, 5.74) is 6.23. The van der Waals surface area contributed by atoms with E-state index in [0.717, 1.165) is 50.6 Å². The maximum absolute atomic E-state index is 13.0. The lowest BCUT2D eigenvalue weighted by molar-refractivity contribution is 0.0817. The van der Waals surface area contributed by atoms with E-state index < -0.39 is 0 Å². The van der Waals surface area contributed by atoms with Crippen LogP contribution in [0, 0.1) is 13.8 Å². The van der Waals surface area contributed by atoms with E-state index in [9.17, 15) is 4.79 Å². The molecular weight excluding hydrogens is 388 g/mol. The first kappa shape index (κ1) is 19.1. The average Bonchev–Trinajstić information content (AvgIpc) is 3.26. The minimum Gasteiger partial charge on any atom is -0.457 e. The number of hydrogen-bond donors (Lipinski definition) is 0. The molecular formula is C26H22N2O3. The van der Waals surface area contributed by atoms with Crippen LogP contribution in [0.4, 0.5) is 0 Å². The number of amides is 1. The van der Waals surface area contributed by atoms with Crippen LogP contribution in [-0.2, 0) is 6.54 Å². The summed E-state index contributed by atoms with van der Waals surface area (Å²) in [5, 5.41) is 4.11. The van der Waals surface area contributed by atoms with Crippen LogP contribution in [0.25, 0.3) is 22.3 Å². The molecule has 1 amide bonds. The molecule has 0 spiro atoms. The lowest BCUT2D eigenvalue weighted by Crippen LogP contribution is -2.18. The first-order valence-electron chi connectivity index (χ1n) is 10.2. The Balaban J connectivity index is 1.72. The van der Waals surface area contributed by atoms with Gasteiger partial charge < -0.3 is 14.2 Å². The highest BCUT2D eigenvalue weighted by molar-refractivity contribution is 6.06. The smallest absolute Gasteiger partial charge is 0.254 e. The molecule has 0 saturated heterocycles. The molecule has 2 heterocycles. The summed E-state index contributed by atoms with van der Waals surface area (Å²) in [6.07, 6.45) is 0. The molecule has 0 radical (unpaired) electrons. The fraction of sp³-hybridized carbons (Fsp3) is 0.154. The van der Waals surface area contributed by atoms with Gasteiger partial charge in [-0.3, -0.25) is 4.79 Å². The molecule has 1 aliphatic rings. The van der Waals surface area contributed by atoms with Crippen molar-refractivity contribution < 1.29 is 14.1 Å². The van der Waals surface area contributed by atoms with E-state index in [-0.39, 0.29) is 5.91 Å². The SMILES string of the molecule is Cc1noc(C)c1-c1cc2c(c(-c3ccccc3Oc3ccccc3)c1)C(=O)N(C)C2.